The van der Waals surface area contributed by atoms with Crippen LogP contribution in [0.3, 0.4) is 0 Å². The maximum Gasteiger partial charge on any atom is 0.419 e. The fourth-order valence-corrected chi connectivity index (χ4v) is 2.96. The minimum Gasteiger partial charge on any atom is -0.481 e. The number of hydrogen-bond donors (Lipinski definition) is 0. The zero-order valence-electron chi connectivity index (χ0n) is 15.9. The summed E-state index contributed by atoms with van der Waals surface area (Å²) >= 11 is 0. The number of ether oxygens (including phenoxy) is 1. The van der Waals surface area contributed by atoms with Crippen LogP contribution in [0.5, 0.6) is 5.88 Å². The molecule has 32 heavy (non-hydrogen) atoms. The number of aromatic nitrogens is 6. The van der Waals surface area contributed by atoms with Crippen molar-refractivity contribution in [1.82, 2.24) is 29.9 Å². The number of halogens is 6. The Labute approximate surface area is 175 Å². The molecule has 0 unspecified atom stereocenters. The van der Waals surface area contributed by atoms with Crippen molar-refractivity contribution in [2.24, 2.45) is 0 Å². The number of pyridine rings is 2. The SMILES string of the molecule is COc1ccc(C(F)(F)F)c(-c2cnc3c(-c4ncncc4C(F)(F)F)ccnc3n2)n1. The molecule has 0 atom stereocenters. The molecule has 4 aromatic rings. The van der Waals surface area contributed by atoms with Gasteiger partial charge in [0.2, 0.25) is 5.88 Å². The van der Waals surface area contributed by atoms with Crippen LogP contribution < -0.4 is 4.74 Å². The van der Waals surface area contributed by atoms with E-state index in [0.29, 0.717) is 6.20 Å². The topological polar surface area (TPSA) is 86.6 Å². The molecule has 0 bridgehead atoms. The largest absolute Gasteiger partial charge is 0.481 e. The van der Waals surface area contributed by atoms with Crippen molar-refractivity contribution < 1.29 is 31.1 Å². The van der Waals surface area contributed by atoms with Crippen LogP contribution in [0.4, 0.5) is 26.3 Å². The molecule has 4 aromatic heterocycles. The van der Waals surface area contributed by atoms with Crippen LogP contribution >= 0.6 is 0 Å². The Morgan fingerprint density at radius 2 is 1.53 bits per heavy atom. The van der Waals surface area contributed by atoms with E-state index in [0.717, 1.165) is 30.9 Å². The van der Waals surface area contributed by atoms with E-state index in [1.54, 1.807) is 0 Å². The number of hydrogen-bond acceptors (Lipinski definition) is 7. The lowest BCUT2D eigenvalue weighted by atomic mass is 10.1. The molecule has 164 valence electrons. The molecule has 7 nitrogen and oxygen atoms in total. The highest BCUT2D eigenvalue weighted by Crippen LogP contribution is 2.38. The fourth-order valence-electron chi connectivity index (χ4n) is 2.96. The van der Waals surface area contributed by atoms with Crippen LogP contribution in [0.2, 0.25) is 0 Å². The summed E-state index contributed by atoms with van der Waals surface area (Å²) < 4.78 is 85.4. The van der Waals surface area contributed by atoms with Crippen LogP contribution in [0.1, 0.15) is 11.1 Å². The van der Waals surface area contributed by atoms with E-state index in [1.165, 1.54) is 13.2 Å². The quantitative estimate of drug-likeness (QED) is 0.420. The molecule has 0 N–H and O–H groups in total. The molecule has 0 saturated carbocycles. The van der Waals surface area contributed by atoms with Crippen LogP contribution in [0.25, 0.3) is 33.8 Å². The van der Waals surface area contributed by atoms with E-state index in [2.05, 4.69) is 29.9 Å². The Bertz CT molecular complexity index is 1310. The number of nitrogens with zero attached hydrogens (tertiary/aromatic N) is 6. The van der Waals surface area contributed by atoms with Gasteiger partial charge in [0.15, 0.2) is 5.65 Å². The number of rotatable bonds is 3. The molecular formula is C19H10F6N6O. The molecule has 0 aromatic carbocycles. The predicted octanol–water partition coefficient (Wildman–Crippen LogP) is 4.59. The Kier molecular flexibility index (Phi) is 5.11. The molecule has 13 heteroatoms. The van der Waals surface area contributed by atoms with Gasteiger partial charge >= 0.3 is 12.4 Å². The van der Waals surface area contributed by atoms with Crippen molar-refractivity contribution in [1.29, 1.82) is 0 Å². The minimum atomic E-state index is -4.75. The van der Waals surface area contributed by atoms with Crippen molar-refractivity contribution in [3.8, 4) is 28.5 Å². The van der Waals surface area contributed by atoms with E-state index in [-0.39, 0.29) is 28.3 Å². The molecule has 0 aliphatic rings. The van der Waals surface area contributed by atoms with Gasteiger partial charge in [-0.25, -0.2) is 29.9 Å². The van der Waals surface area contributed by atoms with Crippen molar-refractivity contribution in [2.45, 2.75) is 12.4 Å². The maximum atomic E-state index is 13.5. The summed E-state index contributed by atoms with van der Waals surface area (Å²) in [5.74, 6) is -0.0904. The summed E-state index contributed by atoms with van der Waals surface area (Å²) in [6, 6.07) is 3.08. The van der Waals surface area contributed by atoms with Gasteiger partial charge in [-0.2, -0.15) is 26.3 Å². The number of methoxy groups -OCH3 is 1. The molecule has 4 heterocycles. The Morgan fingerprint density at radius 3 is 2.22 bits per heavy atom. The average molecular weight is 452 g/mol. The van der Waals surface area contributed by atoms with Gasteiger partial charge in [0.1, 0.15) is 28.8 Å². The second-order valence-corrected chi connectivity index (χ2v) is 6.32. The van der Waals surface area contributed by atoms with Crippen LogP contribution in [-0.4, -0.2) is 37.0 Å². The van der Waals surface area contributed by atoms with Crippen LogP contribution in [0.15, 0.2) is 43.1 Å². The highest BCUT2D eigenvalue weighted by atomic mass is 19.4. The molecule has 0 radical (unpaired) electrons. The molecule has 0 amide bonds. The van der Waals surface area contributed by atoms with Crippen molar-refractivity contribution in [3.63, 3.8) is 0 Å². The number of fused-ring (bicyclic) bond motifs is 1. The lowest BCUT2D eigenvalue weighted by Gasteiger charge is -2.14. The van der Waals surface area contributed by atoms with Crippen LogP contribution in [0, 0.1) is 0 Å². The van der Waals surface area contributed by atoms with E-state index in [4.69, 9.17) is 4.74 Å². The van der Waals surface area contributed by atoms with Crippen molar-refractivity contribution in [2.75, 3.05) is 7.11 Å². The third-order valence-electron chi connectivity index (χ3n) is 4.35. The van der Waals surface area contributed by atoms with E-state index in [9.17, 15) is 26.3 Å². The predicted molar refractivity (Wildman–Crippen MR) is 98.1 cm³/mol. The van der Waals surface area contributed by atoms with E-state index in [1.807, 2.05) is 0 Å². The first-order valence-electron chi connectivity index (χ1n) is 8.71. The van der Waals surface area contributed by atoms with E-state index < -0.39 is 34.9 Å². The Balaban J connectivity index is 1.92. The lowest BCUT2D eigenvalue weighted by Crippen LogP contribution is -2.10. The second kappa shape index (κ2) is 7.66. The van der Waals surface area contributed by atoms with Gasteiger partial charge in [-0.3, -0.25) is 0 Å². The molecular weight excluding hydrogens is 442 g/mol. The summed E-state index contributed by atoms with van der Waals surface area (Å²) in [5, 5.41) is 0. The normalized spacial score (nSPS) is 12.2. The maximum absolute atomic E-state index is 13.5. The second-order valence-electron chi connectivity index (χ2n) is 6.32. The van der Waals surface area contributed by atoms with E-state index >= 15 is 0 Å². The first kappa shape index (κ1) is 21.3. The minimum absolute atomic E-state index is 0.0570. The van der Waals surface area contributed by atoms with Crippen molar-refractivity contribution in [3.05, 3.63) is 54.2 Å². The molecule has 0 spiro atoms. The smallest absolute Gasteiger partial charge is 0.419 e. The fraction of sp³-hybridized carbons (Fsp3) is 0.158. The zero-order valence-corrected chi connectivity index (χ0v) is 15.9. The highest BCUT2D eigenvalue weighted by molar-refractivity contribution is 5.89. The zero-order chi connectivity index (χ0) is 23.1. The molecule has 4 rings (SSSR count). The third-order valence-corrected chi connectivity index (χ3v) is 4.35. The number of alkyl halides is 6. The monoisotopic (exact) mass is 452 g/mol. The van der Waals surface area contributed by atoms with Gasteiger partial charge in [0.05, 0.1) is 24.6 Å². The highest BCUT2D eigenvalue weighted by Gasteiger charge is 2.37. The van der Waals surface area contributed by atoms with Crippen molar-refractivity contribution >= 4 is 11.2 Å². The van der Waals surface area contributed by atoms with Crippen LogP contribution in [-0.2, 0) is 12.4 Å². The van der Waals surface area contributed by atoms with Gasteiger partial charge in [-0.15, -0.1) is 0 Å². The average Bonchev–Trinajstić information content (AvgIpc) is 2.76. The molecule has 0 saturated heterocycles. The Hall–Kier alpha value is -3.90. The summed E-state index contributed by atoms with van der Waals surface area (Å²) in [4.78, 5) is 23.0. The van der Waals surface area contributed by atoms with Gasteiger partial charge in [0, 0.05) is 24.0 Å². The summed E-state index contributed by atoms with van der Waals surface area (Å²) in [5.41, 5.74) is -3.83. The lowest BCUT2D eigenvalue weighted by molar-refractivity contribution is -0.138. The molecule has 0 fully saturated rings. The first-order chi connectivity index (χ1) is 15.1. The van der Waals surface area contributed by atoms with Gasteiger partial charge in [0.25, 0.3) is 0 Å². The first-order valence-corrected chi connectivity index (χ1v) is 8.71. The summed E-state index contributed by atoms with van der Waals surface area (Å²) in [6.07, 6.45) is -5.81. The Morgan fingerprint density at radius 1 is 0.781 bits per heavy atom. The van der Waals surface area contributed by atoms with Gasteiger partial charge < -0.3 is 4.74 Å². The van der Waals surface area contributed by atoms with Gasteiger partial charge in [-0.05, 0) is 12.1 Å². The standard InChI is InChI=1S/C19H10F6N6O/c1-32-13-3-2-10(18(20,21)22)16(31-13)12-7-28-15-9(4-5-27-17(15)30-12)14-11(19(23,24)25)6-26-8-29-14/h2-8H,1H3. The summed E-state index contributed by atoms with van der Waals surface area (Å²) in [7, 11) is 1.24. The molecule has 0 aliphatic carbocycles. The third kappa shape index (κ3) is 3.88. The van der Waals surface area contributed by atoms with Gasteiger partial charge in [-0.1, -0.05) is 0 Å². The molecule has 0 aliphatic heterocycles. The summed E-state index contributed by atoms with van der Waals surface area (Å²) in [6.45, 7) is 0.